The van der Waals surface area contributed by atoms with E-state index in [1.807, 2.05) is 34.6 Å². The molecule has 1 aliphatic carbocycles. The van der Waals surface area contributed by atoms with Crippen molar-refractivity contribution in [3.05, 3.63) is 0 Å². The quantitative estimate of drug-likeness (QED) is 0.636. The largest absolute Gasteiger partial charge is 0.344 e. The number of carbonyl (C=O) groups is 1. The third-order valence-electron chi connectivity index (χ3n) is 3.91. The molecule has 3 nitrogen and oxygen atoms in total. The molecule has 2 rings (SSSR count). The van der Waals surface area contributed by atoms with Gasteiger partial charge in [-0.2, -0.15) is 0 Å². The minimum atomic E-state index is -0.518. The Morgan fingerprint density at radius 2 is 1.62 bits per heavy atom. The van der Waals surface area contributed by atoms with Gasteiger partial charge in [0, 0.05) is 24.2 Å². The third-order valence-corrected chi connectivity index (χ3v) is 3.91. The summed E-state index contributed by atoms with van der Waals surface area (Å²) in [7, 11) is 0. The second-order valence-corrected chi connectivity index (χ2v) is 6.09. The Bertz CT molecular complexity index is 298. The molecule has 92 valence electrons. The van der Waals surface area contributed by atoms with Gasteiger partial charge in [-0.25, -0.2) is 0 Å². The van der Waals surface area contributed by atoms with Crippen LogP contribution in [-0.4, -0.2) is 23.8 Å². The highest BCUT2D eigenvalue weighted by Crippen LogP contribution is 2.47. The Kier molecular flexibility index (Phi) is 2.67. The summed E-state index contributed by atoms with van der Waals surface area (Å²) < 4.78 is 12.0. The molecule has 2 fully saturated rings. The van der Waals surface area contributed by atoms with Crippen molar-refractivity contribution in [1.29, 1.82) is 0 Å². The summed E-state index contributed by atoms with van der Waals surface area (Å²) in [6.45, 7) is 10.0. The van der Waals surface area contributed by atoms with Gasteiger partial charge in [0.05, 0.1) is 12.2 Å². The van der Waals surface area contributed by atoms with Gasteiger partial charge < -0.3 is 9.47 Å². The first kappa shape index (κ1) is 12.1. The standard InChI is InChI=1S/C13H22O3/c1-8-6-13(7-12(4,5)11(8)14)15-9(2)10(3)16-13/h8-10H,6-7H2,1-5H3/t8-,9+,10+/m0/s1. The first-order valence-electron chi connectivity index (χ1n) is 6.16. The van der Waals surface area contributed by atoms with Crippen molar-refractivity contribution < 1.29 is 14.3 Å². The number of rotatable bonds is 0. The molecule has 0 amide bonds. The van der Waals surface area contributed by atoms with Crippen LogP contribution in [0.5, 0.6) is 0 Å². The Hall–Kier alpha value is -0.410. The summed E-state index contributed by atoms with van der Waals surface area (Å²) >= 11 is 0. The van der Waals surface area contributed by atoms with Gasteiger partial charge in [0.2, 0.25) is 0 Å². The van der Waals surface area contributed by atoms with Gasteiger partial charge in [-0.05, 0) is 13.8 Å². The second-order valence-electron chi connectivity index (χ2n) is 6.09. The fourth-order valence-electron chi connectivity index (χ4n) is 3.14. The molecule has 0 aromatic rings. The molecule has 0 aromatic carbocycles. The highest BCUT2D eigenvalue weighted by atomic mass is 16.8. The normalized spacial score (nSPS) is 41.6. The van der Waals surface area contributed by atoms with Crippen LogP contribution in [0.3, 0.4) is 0 Å². The van der Waals surface area contributed by atoms with Crippen molar-refractivity contribution >= 4 is 5.78 Å². The van der Waals surface area contributed by atoms with E-state index in [4.69, 9.17) is 9.47 Å². The monoisotopic (exact) mass is 226 g/mol. The lowest BCUT2D eigenvalue weighted by Crippen LogP contribution is -2.49. The molecule has 2 aliphatic rings. The van der Waals surface area contributed by atoms with Gasteiger partial charge in [-0.1, -0.05) is 20.8 Å². The van der Waals surface area contributed by atoms with Crippen molar-refractivity contribution in [2.45, 2.75) is 65.5 Å². The van der Waals surface area contributed by atoms with E-state index in [1.54, 1.807) is 0 Å². The van der Waals surface area contributed by atoms with E-state index in [0.29, 0.717) is 18.6 Å². The number of Topliss-reactive ketones (excluding diaryl/α,β-unsaturated/α-hetero) is 1. The van der Waals surface area contributed by atoms with Crippen LogP contribution in [0.4, 0.5) is 0 Å². The molecule has 1 aliphatic heterocycles. The van der Waals surface area contributed by atoms with E-state index in [0.717, 1.165) is 0 Å². The molecule has 16 heavy (non-hydrogen) atoms. The Morgan fingerprint density at radius 3 is 2.06 bits per heavy atom. The van der Waals surface area contributed by atoms with E-state index in [9.17, 15) is 4.79 Å². The Balaban J connectivity index is 2.23. The minimum Gasteiger partial charge on any atom is -0.344 e. The van der Waals surface area contributed by atoms with Crippen molar-refractivity contribution in [1.82, 2.24) is 0 Å². The lowest BCUT2D eigenvalue weighted by atomic mass is 9.69. The number of carbonyl (C=O) groups excluding carboxylic acids is 1. The molecule has 0 bridgehead atoms. The molecule has 0 radical (unpaired) electrons. The smallest absolute Gasteiger partial charge is 0.170 e. The Labute approximate surface area is 97.5 Å². The van der Waals surface area contributed by atoms with Crippen LogP contribution < -0.4 is 0 Å². The maximum atomic E-state index is 12.0. The molecule has 0 N–H and O–H groups in total. The van der Waals surface area contributed by atoms with Gasteiger partial charge in [-0.15, -0.1) is 0 Å². The highest BCUT2D eigenvalue weighted by Gasteiger charge is 2.54. The fourth-order valence-corrected chi connectivity index (χ4v) is 3.14. The van der Waals surface area contributed by atoms with Gasteiger partial charge in [0.15, 0.2) is 5.79 Å². The number of ketones is 1. The molecule has 1 heterocycles. The first-order chi connectivity index (χ1) is 7.26. The number of hydrogen-bond donors (Lipinski definition) is 0. The summed E-state index contributed by atoms with van der Waals surface area (Å²) in [6.07, 6.45) is 1.62. The van der Waals surface area contributed by atoms with Crippen LogP contribution in [0.1, 0.15) is 47.5 Å². The van der Waals surface area contributed by atoms with Crippen LogP contribution in [0.15, 0.2) is 0 Å². The maximum Gasteiger partial charge on any atom is 0.170 e. The first-order valence-corrected chi connectivity index (χ1v) is 6.16. The average Bonchev–Trinajstić information content (AvgIpc) is 2.37. The predicted molar refractivity (Wildman–Crippen MR) is 61.0 cm³/mol. The average molecular weight is 226 g/mol. The van der Waals surface area contributed by atoms with E-state index < -0.39 is 5.79 Å². The van der Waals surface area contributed by atoms with E-state index in [2.05, 4.69) is 0 Å². The summed E-state index contributed by atoms with van der Waals surface area (Å²) in [5.41, 5.74) is -0.332. The van der Waals surface area contributed by atoms with Gasteiger partial charge >= 0.3 is 0 Å². The zero-order valence-corrected chi connectivity index (χ0v) is 10.9. The second kappa shape index (κ2) is 3.54. The molecular weight excluding hydrogens is 204 g/mol. The molecule has 0 aromatic heterocycles. The molecule has 3 heteroatoms. The number of hydrogen-bond acceptors (Lipinski definition) is 3. The van der Waals surface area contributed by atoms with Crippen molar-refractivity contribution in [2.24, 2.45) is 11.3 Å². The lowest BCUT2D eigenvalue weighted by molar-refractivity contribution is -0.217. The maximum absolute atomic E-state index is 12.0. The van der Waals surface area contributed by atoms with E-state index >= 15 is 0 Å². The van der Waals surface area contributed by atoms with Crippen LogP contribution in [0.2, 0.25) is 0 Å². The zero-order valence-electron chi connectivity index (χ0n) is 10.9. The molecule has 1 saturated heterocycles. The van der Waals surface area contributed by atoms with Crippen molar-refractivity contribution in [2.75, 3.05) is 0 Å². The summed E-state index contributed by atoms with van der Waals surface area (Å²) in [4.78, 5) is 12.0. The lowest BCUT2D eigenvalue weighted by Gasteiger charge is -2.43. The molecular formula is C13H22O3. The van der Waals surface area contributed by atoms with E-state index in [1.165, 1.54) is 0 Å². The van der Waals surface area contributed by atoms with Crippen LogP contribution >= 0.6 is 0 Å². The third kappa shape index (κ3) is 1.80. The van der Waals surface area contributed by atoms with E-state index in [-0.39, 0.29) is 23.5 Å². The molecule has 1 saturated carbocycles. The van der Waals surface area contributed by atoms with Gasteiger partial charge in [-0.3, -0.25) is 4.79 Å². The van der Waals surface area contributed by atoms with Crippen LogP contribution in [0.25, 0.3) is 0 Å². The molecule has 0 unspecified atom stereocenters. The summed E-state index contributed by atoms with van der Waals surface area (Å²) in [6, 6.07) is 0. The summed E-state index contributed by atoms with van der Waals surface area (Å²) in [5, 5.41) is 0. The minimum absolute atomic E-state index is 0.0289. The van der Waals surface area contributed by atoms with Gasteiger partial charge in [0.1, 0.15) is 5.78 Å². The molecule has 1 spiro atoms. The van der Waals surface area contributed by atoms with Gasteiger partial charge in [0.25, 0.3) is 0 Å². The highest BCUT2D eigenvalue weighted by molar-refractivity contribution is 5.87. The van der Waals surface area contributed by atoms with Crippen LogP contribution in [-0.2, 0) is 14.3 Å². The Morgan fingerprint density at radius 1 is 1.12 bits per heavy atom. The fraction of sp³-hybridized carbons (Fsp3) is 0.923. The van der Waals surface area contributed by atoms with Crippen molar-refractivity contribution in [3.63, 3.8) is 0 Å². The zero-order chi connectivity index (χ0) is 12.1. The topological polar surface area (TPSA) is 35.5 Å². The summed E-state index contributed by atoms with van der Waals surface area (Å²) in [5.74, 6) is -0.158. The SMILES string of the molecule is C[C@H]1CC2(CC(C)(C)C1=O)O[C@H](C)[C@@H](C)O2. The predicted octanol–water partition coefficient (Wildman–Crippen LogP) is 2.53. The molecule has 3 atom stereocenters. The van der Waals surface area contributed by atoms with Crippen molar-refractivity contribution in [3.8, 4) is 0 Å². The van der Waals surface area contributed by atoms with Crippen LogP contribution in [0, 0.1) is 11.3 Å². The number of ether oxygens (including phenoxy) is 2.